The molecule has 6 heteroatoms. The molecule has 0 radical (unpaired) electrons. The van der Waals surface area contributed by atoms with E-state index in [0.29, 0.717) is 23.8 Å². The van der Waals surface area contributed by atoms with Crippen LogP contribution in [0.5, 0.6) is 0 Å². The standard InChI is InChI=1S/C18H30N2O3S/c1-16(2)9-12-20-13-10-18(15-20,11-14-23-3)19-24(21,22)17-7-5-4-6-8-17/h4-8,16,19H,9-15H2,1-3H3. The third-order valence-electron chi connectivity index (χ3n) is 4.64. The number of nitrogens with one attached hydrogen (secondary N) is 1. The summed E-state index contributed by atoms with van der Waals surface area (Å²) in [7, 11) is -1.86. The molecule has 1 atom stereocenters. The van der Waals surface area contributed by atoms with Crippen molar-refractivity contribution in [3.05, 3.63) is 30.3 Å². The van der Waals surface area contributed by atoms with Gasteiger partial charge in [0.2, 0.25) is 10.0 Å². The lowest BCUT2D eigenvalue weighted by Gasteiger charge is -2.30. The fourth-order valence-electron chi connectivity index (χ4n) is 3.17. The number of benzene rings is 1. The molecule has 1 aliphatic rings. The van der Waals surface area contributed by atoms with Gasteiger partial charge in [0.15, 0.2) is 0 Å². The summed E-state index contributed by atoms with van der Waals surface area (Å²) >= 11 is 0. The van der Waals surface area contributed by atoms with Crippen molar-refractivity contribution in [1.29, 1.82) is 0 Å². The molecule has 1 aliphatic heterocycles. The lowest BCUT2D eigenvalue weighted by atomic mass is 9.96. The SMILES string of the molecule is COCCC1(NS(=O)(=O)c2ccccc2)CCN(CCC(C)C)C1. The maximum Gasteiger partial charge on any atom is 0.241 e. The number of ether oxygens (including phenoxy) is 1. The van der Waals surface area contributed by atoms with Gasteiger partial charge >= 0.3 is 0 Å². The van der Waals surface area contributed by atoms with Gasteiger partial charge in [0.1, 0.15) is 0 Å². The van der Waals surface area contributed by atoms with Gasteiger partial charge in [-0.3, -0.25) is 0 Å². The second-order valence-electron chi connectivity index (χ2n) is 7.15. The quantitative estimate of drug-likeness (QED) is 0.740. The monoisotopic (exact) mass is 354 g/mol. The van der Waals surface area contributed by atoms with E-state index in [1.807, 2.05) is 6.07 Å². The molecule has 1 aromatic carbocycles. The topological polar surface area (TPSA) is 58.6 Å². The number of methoxy groups -OCH3 is 1. The molecule has 1 saturated heterocycles. The van der Waals surface area contributed by atoms with Gasteiger partial charge in [-0.15, -0.1) is 0 Å². The Morgan fingerprint density at radius 1 is 1.29 bits per heavy atom. The van der Waals surface area contributed by atoms with Crippen molar-refractivity contribution in [1.82, 2.24) is 9.62 Å². The lowest BCUT2D eigenvalue weighted by Crippen LogP contribution is -2.51. The lowest BCUT2D eigenvalue weighted by molar-refractivity contribution is 0.161. The molecule has 0 aliphatic carbocycles. The zero-order chi connectivity index (χ0) is 17.6. The Bertz CT molecular complexity index is 604. The first-order chi connectivity index (χ1) is 11.4. The van der Waals surface area contributed by atoms with E-state index >= 15 is 0 Å². The van der Waals surface area contributed by atoms with Gasteiger partial charge in [-0.1, -0.05) is 32.0 Å². The molecule has 1 fully saturated rings. The smallest absolute Gasteiger partial charge is 0.241 e. The Kier molecular flexibility index (Phi) is 6.80. The van der Waals surface area contributed by atoms with Crippen molar-refractivity contribution in [3.63, 3.8) is 0 Å². The van der Waals surface area contributed by atoms with Crippen LogP contribution in [0, 0.1) is 5.92 Å². The number of hydrogen-bond acceptors (Lipinski definition) is 4. The first-order valence-corrected chi connectivity index (χ1v) is 10.2. The summed E-state index contributed by atoms with van der Waals surface area (Å²) in [6.45, 7) is 7.66. The molecular weight excluding hydrogens is 324 g/mol. The highest BCUT2D eigenvalue weighted by Gasteiger charge is 2.41. The van der Waals surface area contributed by atoms with E-state index in [1.54, 1.807) is 31.4 Å². The molecule has 136 valence electrons. The van der Waals surface area contributed by atoms with Crippen LogP contribution in [-0.4, -0.2) is 52.2 Å². The van der Waals surface area contributed by atoms with E-state index in [0.717, 1.165) is 32.5 Å². The Morgan fingerprint density at radius 2 is 2.00 bits per heavy atom. The molecule has 0 spiro atoms. The molecule has 0 amide bonds. The first kappa shape index (κ1) is 19.4. The molecule has 0 saturated carbocycles. The minimum atomic E-state index is -3.52. The molecule has 5 nitrogen and oxygen atoms in total. The number of hydrogen-bond donors (Lipinski definition) is 1. The van der Waals surface area contributed by atoms with Gasteiger partial charge in [0.05, 0.1) is 4.90 Å². The van der Waals surface area contributed by atoms with Crippen molar-refractivity contribution < 1.29 is 13.2 Å². The highest BCUT2D eigenvalue weighted by atomic mass is 32.2. The van der Waals surface area contributed by atoms with Crippen LogP contribution in [0.4, 0.5) is 0 Å². The molecule has 1 unspecified atom stereocenters. The Balaban J connectivity index is 2.11. The van der Waals surface area contributed by atoms with Gasteiger partial charge < -0.3 is 9.64 Å². The van der Waals surface area contributed by atoms with Crippen molar-refractivity contribution >= 4 is 10.0 Å². The summed E-state index contributed by atoms with van der Waals surface area (Å²) < 4.78 is 33.7. The summed E-state index contributed by atoms with van der Waals surface area (Å²) in [4.78, 5) is 2.69. The minimum absolute atomic E-state index is 0.322. The van der Waals surface area contributed by atoms with E-state index in [-0.39, 0.29) is 0 Å². The minimum Gasteiger partial charge on any atom is -0.385 e. The van der Waals surface area contributed by atoms with Gasteiger partial charge in [-0.05, 0) is 43.9 Å². The largest absolute Gasteiger partial charge is 0.385 e. The van der Waals surface area contributed by atoms with Crippen LogP contribution >= 0.6 is 0 Å². The van der Waals surface area contributed by atoms with Crippen LogP contribution in [0.25, 0.3) is 0 Å². The van der Waals surface area contributed by atoms with E-state index < -0.39 is 15.6 Å². The molecular formula is C18H30N2O3S. The van der Waals surface area contributed by atoms with E-state index in [9.17, 15) is 8.42 Å². The molecule has 24 heavy (non-hydrogen) atoms. The second kappa shape index (κ2) is 8.43. The van der Waals surface area contributed by atoms with E-state index in [4.69, 9.17) is 4.74 Å². The molecule has 1 heterocycles. The summed E-state index contributed by atoms with van der Waals surface area (Å²) in [6, 6.07) is 8.60. The van der Waals surface area contributed by atoms with Crippen LogP contribution in [0.2, 0.25) is 0 Å². The number of likely N-dealkylation sites (tertiary alicyclic amines) is 1. The fourth-order valence-corrected chi connectivity index (χ4v) is 4.64. The summed E-state index contributed by atoms with van der Waals surface area (Å²) in [5, 5.41) is 0. The van der Waals surface area contributed by atoms with Crippen molar-refractivity contribution in [3.8, 4) is 0 Å². The highest BCUT2D eigenvalue weighted by molar-refractivity contribution is 7.89. The van der Waals surface area contributed by atoms with Crippen LogP contribution < -0.4 is 4.72 Å². The average Bonchev–Trinajstić information content (AvgIpc) is 2.94. The Labute approximate surface area is 146 Å². The zero-order valence-electron chi connectivity index (χ0n) is 15.0. The van der Waals surface area contributed by atoms with Gasteiger partial charge in [0, 0.05) is 32.3 Å². The Morgan fingerprint density at radius 3 is 2.62 bits per heavy atom. The number of nitrogens with zero attached hydrogens (tertiary/aromatic N) is 1. The van der Waals surface area contributed by atoms with E-state index in [1.165, 1.54) is 0 Å². The first-order valence-electron chi connectivity index (χ1n) is 8.67. The maximum atomic E-state index is 12.8. The average molecular weight is 355 g/mol. The third-order valence-corrected chi connectivity index (χ3v) is 6.24. The molecule has 1 N–H and O–H groups in total. The highest BCUT2D eigenvalue weighted by Crippen LogP contribution is 2.28. The Hall–Kier alpha value is -0.950. The van der Waals surface area contributed by atoms with Crippen LogP contribution in [0.3, 0.4) is 0 Å². The fraction of sp³-hybridized carbons (Fsp3) is 0.667. The van der Waals surface area contributed by atoms with Gasteiger partial charge in [-0.2, -0.15) is 0 Å². The van der Waals surface area contributed by atoms with Crippen LogP contribution in [0.1, 0.15) is 33.1 Å². The number of sulfonamides is 1. The van der Waals surface area contributed by atoms with Gasteiger partial charge in [-0.25, -0.2) is 13.1 Å². The van der Waals surface area contributed by atoms with Crippen molar-refractivity contribution in [2.24, 2.45) is 5.92 Å². The molecule has 0 bridgehead atoms. The summed E-state index contributed by atoms with van der Waals surface area (Å²) in [5.41, 5.74) is -0.443. The van der Waals surface area contributed by atoms with Crippen LogP contribution in [0.15, 0.2) is 35.2 Å². The third kappa shape index (κ3) is 5.28. The van der Waals surface area contributed by atoms with Crippen molar-refractivity contribution in [2.45, 2.75) is 43.5 Å². The summed E-state index contributed by atoms with van der Waals surface area (Å²) in [5.74, 6) is 0.653. The maximum absolute atomic E-state index is 12.8. The normalized spacial score (nSPS) is 22.3. The van der Waals surface area contributed by atoms with Gasteiger partial charge in [0.25, 0.3) is 0 Å². The number of rotatable bonds is 9. The molecule has 2 rings (SSSR count). The van der Waals surface area contributed by atoms with Crippen molar-refractivity contribution in [2.75, 3.05) is 33.4 Å². The van der Waals surface area contributed by atoms with E-state index in [2.05, 4.69) is 23.5 Å². The zero-order valence-corrected chi connectivity index (χ0v) is 15.8. The summed E-state index contributed by atoms with van der Waals surface area (Å²) in [6.07, 6.45) is 2.64. The molecule has 1 aromatic rings. The predicted octanol–water partition coefficient (Wildman–Crippen LogP) is 2.49. The second-order valence-corrected chi connectivity index (χ2v) is 8.83. The van der Waals surface area contributed by atoms with Crippen LogP contribution in [-0.2, 0) is 14.8 Å². The molecule has 0 aromatic heterocycles. The predicted molar refractivity (Wildman–Crippen MR) is 96.5 cm³/mol.